The molecule has 1 saturated heterocycles. The highest BCUT2D eigenvalue weighted by molar-refractivity contribution is 5.30. The van der Waals surface area contributed by atoms with Crippen LogP contribution in [-0.2, 0) is 4.74 Å². The van der Waals surface area contributed by atoms with Crippen LogP contribution >= 0.6 is 0 Å². The third-order valence-corrected chi connectivity index (χ3v) is 3.40. The molecule has 0 aromatic carbocycles. The fraction of sp³-hybridized carbons (Fsp3) is 0.667. The molecule has 8 heteroatoms. The van der Waals surface area contributed by atoms with Gasteiger partial charge in [-0.05, 0) is 13.8 Å². The Morgan fingerprint density at radius 2 is 2.30 bits per heavy atom. The maximum absolute atomic E-state index is 12.2. The van der Waals surface area contributed by atoms with Crippen molar-refractivity contribution in [3.8, 4) is 0 Å². The van der Waals surface area contributed by atoms with Crippen LogP contribution in [0.15, 0.2) is 17.2 Å². The number of hydrogen-bond acceptors (Lipinski definition) is 7. The fourth-order valence-electron chi connectivity index (χ4n) is 2.29. The Morgan fingerprint density at radius 3 is 2.85 bits per heavy atom. The molecule has 2 heterocycles. The maximum atomic E-state index is 12.2. The van der Waals surface area contributed by atoms with E-state index < -0.39 is 36.2 Å². The van der Waals surface area contributed by atoms with E-state index in [0.717, 1.165) is 4.57 Å². The second-order valence-corrected chi connectivity index (χ2v) is 4.90. The van der Waals surface area contributed by atoms with Gasteiger partial charge >= 0.3 is 0 Å². The summed E-state index contributed by atoms with van der Waals surface area (Å²) in [5, 5.41) is 32.2. The molecule has 20 heavy (non-hydrogen) atoms. The Bertz CT molecular complexity index is 530. The number of ether oxygens (including phenoxy) is 1. The lowest BCUT2D eigenvalue weighted by atomic mass is 9.96. The molecule has 0 unspecified atom stereocenters. The van der Waals surface area contributed by atoms with Crippen LogP contribution in [0.4, 0.5) is 5.82 Å². The number of nitrogens with one attached hydrogen (secondary N) is 1. The van der Waals surface area contributed by atoms with Crippen LogP contribution in [0.2, 0.25) is 0 Å². The average Bonchev–Trinajstić information content (AvgIpc) is 2.64. The smallest absolute Gasteiger partial charge is 0.295 e. The van der Waals surface area contributed by atoms with Gasteiger partial charge in [0.05, 0.1) is 6.61 Å². The largest absolute Gasteiger partial charge is 0.394 e. The molecule has 1 fully saturated rings. The van der Waals surface area contributed by atoms with Gasteiger partial charge in [0.15, 0.2) is 12.0 Å². The Kier molecular flexibility index (Phi) is 4.09. The van der Waals surface area contributed by atoms with Crippen LogP contribution in [0.1, 0.15) is 20.1 Å². The molecule has 0 aliphatic carbocycles. The van der Waals surface area contributed by atoms with E-state index in [9.17, 15) is 15.0 Å². The lowest BCUT2D eigenvalue weighted by Crippen LogP contribution is -2.46. The minimum Gasteiger partial charge on any atom is -0.394 e. The molecule has 0 spiro atoms. The van der Waals surface area contributed by atoms with Gasteiger partial charge in [0.25, 0.3) is 5.56 Å². The van der Waals surface area contributed by atoms with E-state index in [4.69, 9.17) is 9.84 Å². The van der Waals surface area contributed by atoms with Crippen molar-refractivity contribution in [2.24, 2.45) is 0 Å². The Morgan fingerprint density at radius 1 is 1.60 bits per heavy atom. The molecule has 4 N–H and O–H groups in total. The van der Waals surface area contributed by atoms with E-state index in [-0.39, 0.29) is 5.82 Å². The average molecular weight is 285 g/mol. The summed E-state index contributed by atoms with van der Waals surface area (Å²) in [6.07, 6.45) is -0.563. The molecule has 1 aliphatic heterocycles. The second kappa shape index (κ2) is 5.49. The van der Waals surface area contributed by atoms with Crippen LogP contribution in [0.5, 0.6) is 0 Å². The van der Waals surface area contributed by atoms with Gasteiger partial charge in [0.2, 0.25) is 0 Å². The summed E-state index contributed by atoms with van der Waals surface area (Å²) in [7, 11) is 0. The van der Waals surface area contributed by atoms with Crippen LogP contribution in [0.25, 0.3) is 0 Å². The summed E-state index contributed by atoms with van der Waals surface area (Å²) in [6.45, 7) is 3.26. The predicted octanol–water partition coefficient (Wildman–Crippen LogP) is -1.32. The van der Waals surface area contributed by atoms with Gasteiger partial charge in [-0.2, -0.15) is 0 Å². The minimum atomic E-state index is -1.69. The first kappa shape index (κ1) is 14.9. The lowest BCUT2D eigenvalue weighted by molar-refractivity contribution is -0.0981. The number of hydrogen-bond donors (Lipinski definition) is 4. The van der Waals surface area contributed by atoms with Crippen LogP contribution in [-0.4, -0.2) is 55.8 Å². The number of aliphatic hydroxyl groups excluding tert-OH is 2. The number of nitrogens with zero attached hydrogens (tertiary/aromatic N) is 2. The summed E-state index contributed by atoms with van der Waals surface area (Å²) >= 11 is 0. The van der Waals surface area contributed by atoms with Gasteiger partial charge in [0, 0.05) is 18.9 Å². The quantitative estimate of drug-likeness (QED) is 0.542. The van der Waals surface area contributed by atoms with Crippen molar-refractivity contribution in [3.05, 3.63) is 22.7 Å². The zero-order chi connectivity index (χ0) is 14.9. The summed E-state index contributed by atoms with van der Waals surface area (Å²) in [5.41, 5.74) is -2.16. The van der Waals surface area contributed by atoms with Crippen LogP contribution < -0.4 is 10.9 Å². The molecule has 2 rings (SSSR count). The highest BCUT2D eigenvalue weighted by Gasteiger charge is 2.53. The SMILES string of the molecule is CCNc1nccn([C@@H]2O[C@H](CO)[C@@H](O)[C@@]2(C)O)c1=O. The van der Waals surface area contributed by atoms with E-state index in [2.05, 4.69) is 10.3 Å². The van der Waals surface area contributed by atoms with Crippen LogP contribution in [0, 0.1) is 0 Å². The first-order valence-corrected chi connectivity index (χ1v) is 6.41. The first-order valence-electron chi connectivity index (χ1n) is 6.41. The van der Waals surface area contributed by atoms with Gasteiger partial charge in [-0.3, -0.25) is 9.36 Å². The molecule has 0 bridgehead atoms. The highest BCUT2D eigenvalue weighted by Crippen LogP contribution is 2.37. The molecule has 1 aromatic rings. The van der Waals surface area contributed by atoms with Crippen LogP contribution in [0.3, 0.4) is 0 Å². The predicted molar refractivity (Wildman–Crippen MR) is 70.3 cm³/mol. The van der Waals surface area contributed by atoms with Gasteiger partial charge in [0.1, 0.15) is 17.8 Å². The summed E-state index contributed by atoms with van der Waals surface area (Å²) < 4.78 is 6.55. The number of rotatable bonds is 4. The van der Waals surface area contributed by atoms with E-state index >= 15 is 0 Å². The zero-order valence-electron chi connectivity index (χ0n) is 11.4. The van der Waals surface area contributed by atoms with Crippen molar-refractivity contribution in [1.29, 1.82) is 0 Å². The first-order chi connectivity index (χ1) is 9.43. The molecular formula is C12H19N3O5. The van der Waals surface area contributed by atoms with Crippen molar-refractivity contribution in [3.63, 3.8) is 0 Å². The third kappa shape index (κ3) is 2.31. The van der Waals surface area contributed by atoms with E-state index in [1.165, 1.54) is 19.3 Å². The third-order valence-electron chi connectivity index (χ3n) is 3.40. The molecule has 0 saturated carbocycles. The van der Waals surface area contributed by atoms with E-state index in [1.54, 1.807) is 0 Å². The molecule has 112 valence electrons. The maximum Gasteiger partial charge on any atom is 0.295 e. The second-order valence-electron chi connectivity index (χ2n) is 4.90. The molecule has 0 amide bonds. The standard InChI is InChI=1S/C12H19N3O5/c1-3-13-9-10(18)15(5-4-14-9)11-12(2,19)8(17)7(6-16)20-11/h4-5,7-8,11,16-17,19H,3,6H2,1-2H3,(H,13,14)/t7-,8-,11-,12-/m1/s1. The van der Waals surface area contributed by atoms with Crippen molar-refractivity contribution in [2.45, 2.75) is 37.9 Å². The Labute approximate surface area is 115 Å². The Hall–Kier alpha value is -1.48. The molecule has 8 nitrogen and oxygen atoms in total. The fourth-order valence-corrected chi connectivity index (χ4v) is 2.29. The molecular weight excluding hydrogens is 266 g/mol. The molecule has 4 atom stereocenters. The van der Waals surface area contributed by atoms with Crippen molar-refractivity contribution >= 4 is 5.82 Å². The number of aliphatic hydroxyl groups is 3. The monoisotopic (exact) mass is 285 g/mol. The molecule has 0 radical (unpaired) electrons. The lowest BCUT2D eigenvalue weighted by Gasteiger charge is -2.27. The van der Waals surface area contributed by atoms with Gasteiger partial charge in [-0.25, -0.2) is 4.98 Å². The normalized spacial score (nSPS) is 33.4. The summed E-state index contributed by atoms with van der Waals surface area (Å²) in [6, 6.07) is 0. The van der Waals surface area contributed by atoms with Crippen molar-refractivity contribution < 1.29 is 20.1 Å². The van der Waals surface area contributed by atoms with E-state index in [0.29, 0.717) is 6.54 Å². The topological polar surface area (TPSA) is 117 Å². The molecule has 1 aliphatic rings. The van der Waals surface area contributed by atoms with Gasteiger partial charge in [-0.1, -0.05) is 0 Å². The minimum absolute atomic E-state index is 0.135. The highest BCUT2D eigenvalue weighted by atomic mass is 16.6. The van der Waals surface area contributed by atoms with E-state index in [1.807, 2.05) is 6.92 Å². The van der Waals surface area contributed by atoms with Gasteiger partial charge < -0.3 is 25.4 Å². The zero-order valence-corrected chi connectivity index (χ0v) is 11.4. The van der Waals surface area contributed by atoms with Gasteiger partial charge in [-0.15, -0.1) is 0 Å². The Balaban J connectivity index is 2.42. The molecule has 1 aromatic heterocycles. The summed E-state index contributed by atoms with van der Waals surface area (Å²) in [4.78, 5) is 16.2. The van der Waals surface area contributed by atoms with Crippen molar-refractivity contribution in [1.82, 2.24) is 9.55 Å². The number of anilines is 1. The number of aromatic nitrogens is 2. The van der Waals surface area contributed by atoms with Crippen molar-refractivity contribution in [2.75, 3.05) is 18.5 Å². The summed E-state index contributed by atoms with van der Waals surface area (Å²) in [5.74, 6) is 0.135.